The number of nitrogens with zero attached hydrogens (tertiary/aromatic N) is 2. The highest BCUT2D eigenvalue weighted by atomic mass is 32.3. The predicted octanol–water partition coefficient (Wildman–Crippen LogP) is 14.9. The molecule has 0 radical (unpaired) electrons. The summed E-state index contributed by atoms with van der Waals surface area (Å²) in [6, 6.07) is 0. The van der Waals surface area contributed by atoms with Crippen LogP contribution in [0.25, 0.3) is 0 Å². The molecule has 0 unspecified atom stereocenters. The standard InChI is InChI=1S/2C25H54N.H2O8S2/c2*1-5-8-11-14-17-20-23-26(4,24-21-18-15-12-9-6-2)25-22-19-16-13-10-7-3;1-9(2,3)7-8-10(4,5)6/h2*5-25H2,1-4H3;(H,1,2,3)(H,4,5,6)/q2*+1;/p-2. The van der Waals surface area contributed by atoms with E-state index in [0.717, 1.165) is 0 Å². The van der Waals surface area contributed by atoms with Gasteiger partial charge in [0.05, 0.1) is 53.4 Å². The van der Waals surface area contributed by atoms with Gasteiger partial charge in [0.1, 0.15) is 0 Å². The summed E-state index contributed by atoms with van der Waals surface area (Å²) in [5, 5.41) is 0. The van der Waals surface area contributed by atoms with Gasteiger partial charge >= 0.3 is 0 Å². The van der Waals surface area contributed by atoms with Crippen LogP contribution in [-0.4, -0.2) is 88.3 Å². The smallest absolute Gasteiger partial charge is 0.246 e. The Labute approximate surface area is 388 Å². The Morgan fingerprint density at radius 2 is 0.403 bits per heavy atom. The van der Waals surface area contributed by atoms with Crippen molar-refractivity contribution in [3.05, 3.63) is 0 Å². The zero-order chi connectivity index (χ0) is 47.1. The zero-order valence-electron chi connectivity index (χ0n) is 42.7. The van der Waals surface area contributed by atoms with Crippen molar-refractivity contribution < 1.29 is 43.6 Å². The van der Waals surface area contributed by atoms with Crippen LogP contribution in [0.1, 0.15) is 273 Å². The molecular formula is C50H108N2O8S2. The van der Waals surface area contributed by atoms with Crippen LogP contribution in [0, 0.1) is 0 Å². The van der Waals surface area contributed by atoms with Gasteiger partial charge in [-0.2, -0.15) is 0 Å². The number of hydrogen-bond acceptors (Lipinski definition) is 8. The number of quaternary nitrogens is 2. The summed E-state index contributed by atoms with van der Waals surface area (Å²) < 4.78 is 64.2. The first kappa shape index (κ1) is 65.9. The van der Waals surface area contributed by atoms with Crippen LogP contribution in [0.5, 0.6) is 0 Å². The summed E-state index contributed by atoms with van der Waals surface area (Å²) in [6.07, 6.45) is 51.7. The fourth-order valence-corrected chi connectivity index (χ4v) is 8.93. The molecule has 0 saturated heterocycles. The second kappa shape index (κ2) is 47.2. The van der Waals surface area contributed by atoms with Crippen LogP contribution in [0.3, 0.4) is 0 Å². The predicted molar refractivity (Wildman–Crippen MR) is 263 cm³/mol. The Morgan fingerprint density at radius 1 is 0.274 bits per heavy atom. The van der Waals surface area contributed by atoms with Crippen LogP contribution in [-0.2, 0) is 29.5 Å². The average Bonchev–Trinajstić information content (AvgIpc) is 3.22. The fourth-order valence-electron chi connectivity index (χ4n) is 8.38. The molecule has 12 heteroatoms. The first-order chi connectivity index (χ1) is 29.6. The van der Waals surface area contributed by atoms with Crippen LogP contribution < -0.4 is 0 Å². The molecule has 0 aliphatic carbocycles. The fraction of sp³-hybridized carbons (Fsp3) is 1.00. The van der Waals surface area contributed by atoms with E-state index in [9.17, 15) is 25.9 Å². The van der Waals surface area contributed by atoms with E-state index in [-0.39, 0.29) is 0 Å². The SMILES string of the molecule is CCCCCCCC[N+](C)(CCCCCCCC)CCCCCCCC.CCCCCCCC[N+](C)(CCCCCCCC)CCCCCCCC.O=S(=O)([O-])OOS(=O)(=O)[O-]. The molecule has 10 nitrogen and oxygen atoms in total. The molecule has 0 amide bonds. The Morgan fingerprint density at radius 3 is 0.532 bits per heavy atom. The second-order valence-electron chi connectivity index (χ2n) is 19.1. The molecule has 378 valence electrons. The van der Waals surface area contributed by atoms with E-state index in [1.54, 1.807) is 0 Å². The van der Waals surface area contributed by atoms with Gasteiger partial charge in [-0.3, -0.25) is 0 Å². The highest BCUT2D eigenvalue weighted by Gasteiger charge is 2.21. The minimum absolute atomic E-state index is 1.36. The largest absolute Gasteiger partial charge is 0.724 e. The van der Waals surface area contributed by atoms with Gasteiger partial charge in [-0.15, -0.1) is 8.67 Å². The lowest BCUT2D eigenvalue weighted by Crippen LogP contribution is -2.46. The summed E-state index contributed by atoms with van der Waals surface area (Å²) in [6.45, 7) is 22.4. The first-order valence-electron chi connectivity index (χ1n) is 26.5. The maximum Gasteiger partial charge on any atom is 0.246 e. The van der Waals surface area contributed by atoms with E-state index in [4.69, 9.17) is 0 Å². The molecule has 0 bridgehead atoms. The van der Waals surface area contributed by atoms with Gasteiger partial charge in [-0.1, -0.05) is 196 Å². The van der Waals surface area contributed by atoms with Crippen molar-refractivity contribution in [1.82, 2.24) is 0 Å². The molecule has 0 aromatic carbocycles. The van der Waals surface area contributed by atoms with Crippen molar-refractivity contribution in [2.24, 2.45) is 0 Å². The molecule has 0 aromatic rings. The Hall–Kier alpha value is -0.340. The van der Waals surface area contributed by atoms with Crippen LogP contribution in [0.15, 0.2) is 0 Å². The lowest BCUT2D eigenvalue weighted by atomic mass is 10.1. The van der Waals surface area contributed by atoms with Gasteiger partial charge in [-0.25, -0.2) is 16.8 Å². The summed E-state index contributed by atoms with van der Waals surface area (Å²) in [5.41, 5.74) is 0. The third-order valence-electron chi connectivity index (χ3n) is 12.5. The molecule has 0 aliphatic heterocycles. The van der Waals surface area contributed by atoms with E-state index in [2.05, 4.69) is 64.3 Å². The molecule has 0 atom stereocenters. The van der Waals surface area contributed by atoms with Crippen molar-refractivity contribution >= 4 is 20.8 Å². The van der Waals surface area contributed by atoms with Crippen LogP contribution >= 0.6 is 0 Å². The monoisotopic (exact) mass is 929 g/mol. The van der Waals surface area contributed by atoms with Crippen molar-refractivity contribution in [3.63, 3.8) is 0 Å². The highest BCUT2D eigenvalue weighted by Crippen LogP contribution is 2.18. The molecule has 0 aromatic heterocycles. The average molecular weight is 930 g/mol. The molecule has 0 spiro atoms. The van der Waals surface area contributed by atoms with Gasteiger partial charge in [0, 0.05) is 0 Å². The Balaban J connectivity index is -0.000000922. The van der Waals surface area contributed by atoms with Crippen molar-refractivity contribution in [2.75, 3.05) is 53.4 Å². The van der Waals surface area contributed by atoms with Gasteiger partial charge in [0.2, 0.25) is 20.8 Å². The summed E-state index contributed by atoms with van der Waals surface area (Å²) in [7, 11) is -5.50. The van der Waals surface area contributed by atoms with Gasteiger partial charge in [0.25, 0.3) is 0 Å². The maximum atomic E-state index is 9.37. The quantitative estimate of drug-likeness (QED) is 0.0147. The molecular weight excluding hydrogens is 821 g/mol. The summed E-state index contributed by atoms with van der Waals surface area (Å²) >= 11 is 0. The van der Waals surface area contributed by atoms with Crippen molar-refractivity contribution in [1.29, 1.82) is 0 Å². The minimum atomic E-state index is -5.31. The van der Waals surface area contributed by atoms with Gasteiger partial charge in [0.15, 0.2) is 0 Å². The van der Waals surface area contributed by atoms with Crippen molar-refractivity contribution in [3.8, 4) is 0 Å². The first-order valence-corrected chi connectivity index (χ1v) is 29.2. The normalized spacial score (nSPS) is 12.2. The van der Waals surface area contributed by atoms with Crippen LogP contribution in [0.2, 0.25) is 0 Å². The number of hydrogen-bond donors (Lipinski definition) is 0. The molecule has 62 heavy (non-hydrogen) atoms. The molecule has 0 N–H and O–H groups in total. The zero-order valence-corrected chi connectivity index (χ0v) is 44.3. The summed E-state index contributed by atoms with van der Waals surface area (Å²) in [4.78, 5) is 0. The van der Waals surface area contributed by atoms with Gasteiger partial charge in [-0.05, 0) is 77.0 Å². The maximum absolute atomic E-state index is 9.37. The van der Waals surface area contributed by atoms with E-state index >= 15 is 0 Å². The number of rotatable bonds is 45. The third-order valence-corrected chi connectivity index (χ3v) is 13.1. The molecule has 0 rings (SSSR count). The van der Waals surface area contributed by atoms with E-state index in [0.29, 0.717) is 0 Å². The minimum Gasteiger partial charge on any atom is -0.724 e. The van der Waals surface area contributed by atoms with Crippen molar-refractivity contribution in [2.45, 2.75) is 273 Å². The second-order valence-corrected chi connectivity index (χ2v) is 21.0. The molecule has 0 fully saturated rings. The Kier molecular flexibility index (Phi) is 50.2. The molecule has 0 heterocycles. The Bertz CT molecular complexity index is 941. The molecule has 0 aliphatic rings. The van der Waals surface area contributed by atoms with E-state index < -0.39 is 20.8 Å². The summed E-state index contributed by atoms with van der Waals surface area (Å²) in [5.74, 6) is 0. The van der Waals surface area contributed by atoms with Gasteiger partial charge < -0.3 is 18.1 Å². The molecule has 0 saturated carbocycles. The topological polar surface area (TPSA) is 133 Å². The lowest BCUT2D eigenvalue weighted by Gasteiger charge is -2.35. The number of unbranched alkanes of at least 4 members (excludes halogenated alkanes) is 30. The highest BCUT2D eigenvalue weighted by molar-refractivity contribution is 7.83. The van der Waals surface area contributed by atoms with E-state index in [1.165, 1.54) is 279 Å². The third kappa shape index (κ3) is 55.8. The van der Waals surface area contributed by atoms with E-state index in [1.807, 2.05) is 0 Å². The van der Waals surface area contributed by atoms with Crippen LogP contribution in [0.4, 0.5) is 0 Å². The lowest BCUT2D eigenvalue weighted by molar-refractivity contribution is -0.910.